The zero-order valence-electron chi connectivity index (χ0n) is 18.0. The molecule has 0 bridgehead atoms. The molecule has 4 rings (SSSR count). The maximum absolute atomic E-state index is 12.9. The van der Waals surface area contributed by atoms with Gasteiger partial charge in [0.25, 0.3) is 11.1 Å². The maximum Gasteiger partial charge on any atom is 0.274 e. The summed E-state index contributed by atoms with van der Waals surface area (Å²) in [5.41, 5.74) is 4.22. The first-order chi connectivity index (χ1) is 14.4. The fourth-order valence-corrected chi connectivity index (χ4v) is 5.61. The highest BCUT2D eigenvalue weighted by Gasteiger charge is 2.25. The van der Waals surface area contributed by atoms with Crippen molar-refractivity contribution >= 4 is 39.2 Å². The van der Waals surface area contributed by atoms with Crippen LogP contribution in [0.5, 0.6) is 5.19 Å². The monoisotopic (exact) mass is 440 g/mol. The molecule has 4 nitrogen and oxygen atoms in total. The summed E-state index contributed by atoms with van der Waals surface area (Å²) in [4.78, 5) is 20.7. The number of hydrogen-bond donors (Lipinski definition) is 0. The lowest BCUT2D eigenvalue weighted by atomic mass is 10.1. The van der Waals surface area contributed by atoms with E-state index < -0.39 is 0 Å². The van der Waals surface area contributed by atoms with Gasteiger partial charge in [-0.3, -0.25) is 4.79 Å². The molecular formula is C24H28N2O2S2. The number of amides is 1. The van der Waals surface area contributed by atoms with Crippen molar-refractivity contribution in [3.63, 3.8) is 0 Å². The van der Waals surface area contributed by atoms with Crippen molar-refractivity contribution in [3.05, 3.63) is 53.1 Å². The third-order valence-corrected chi connectivity index (χ3v) is 7.49. The van der Waals surface area contributed by atoms with E-state index in [1.54, 1.807) is 11.3 Å². The normalized spacial score (nSPS) is 15.2. The van der Waals surface area contributed by atoms with Gasteiger partial charge in [0.2, 0.25) is 0 Å². The summed E-state index contributed by atoms with van der Waals surface area (Å²) in [6.45, 7) is 9.98. The van der Waals surface area contributed by atoms with E-state index in [0.29, 0.717) is 5.25 Å². The number of ether oxygens (including phenoxy) is 1. The number of likely N-dealkylation sites (tertiary alicyclic amines) is 1. The number of benzene rings is 2. The fraction of sp³-hybridized carbons (Fsp3) is 0.417. The van der Waals surface area contributed by atoms with Crippen molar-refractivity contribution in [1.29, 1.82) is 0 Å². The second-order valence-corrected chi connectivity index (χ2v) is 10.8. The average molecular weight is 441 g/mol. The number of aryl methyl sites for hydroxylation is 2. The summed E-state index contributed by atoms with van der Waals surface area (Å²) >= 11 is 3.44. The van der Waals surface area contributed by atoms with Gasteiger partial charge in [0.15, 0.2) is 0 Å². The largest absolute Gasteiger partial charge is 0.467 e. The van der Waals surface area contributed by atoms with Crippen molar-refractivity contribution < 1.29 is 9.53 Å². The van der Waals surface area contributed by atoms with Crippen molar-refractivity contribution in [3.8, 4) is 5.19 Å². The molecule has 1 saturated heterocycles. The van der Waals surface area contributed by atoms with Gasteiger partial charge in [0, 0.05) is 41.6 Å². The highest BCUT2D eigenvalue weighted by atomic mass is 32.2. The Labute approximate surface area is 186 Å². The third-order valence-electron chi connectivity index (χ3n) is 5.39. The standard InChI is InChI=1S/C24H28N2O2S2/c1-15(2)29-20-9-7-18(8-10-20)23(27)26-13-11-19(12-14-26)28-24-25-21-16(3)5-6-17(4)22(21)30-24/h5-10,15,19H,11-14H2,1-4H3. The van der Waals surface area contributed by atoms with E-state index in [2.05, 4.69) is 39.8 Å². The van der Waals surface area contributed by atoms with Gasteiger partial charge in [0.05, 0.1) is 10.2 Å². The number of hydrogen-bond acceptors (Lipinski definition) is 5. The minimum Gasteiger partial charge on any atom is -0.467 e. The number of rotatable bonds is 5. The summed E-state index contributed by atoms with van der Waals surface area (Å²) in [6, 6.07) is 12.2. The molecule has 2 heterocycles. The number of thiazole rings is 1. The lowest BCUT2D eigenvalue weighted by Crippen LogP contribution is -2.41. The SMILES string of the molecule is Cc1ccc(C)c2sc(OC3CCN(C(=O)c4ccc(SC(C)C)cc4)CC3)nc12. The van der Waals surface area contributed by atoms with Crippen LogP contribution in [0.3, 0.4) is 0 Å². The van der Waals surface area contributed by atoms with Crippen LogP contribution in [-0.2, 0) is 0 Å². The quantitative estimate of drug-likeness (QED) is 0.450. The van der Waals surface area contributed by atoms with Gasteiger partial charge in [-0.1, -0.05) is 37.3 Å². The first-order valence-electron chi connectivity index (χ1n) is 10.5. The number of thioether (sulfide) groups is 1. The van der Waals surface area contributed by atoms with Gasteiger partial charge in [-0.25, -0.2) is 4.98 Å². The number of aromatic nitrogens is 1. The van der Waals surface area contributed by atoms with Gasteiger partial charge >= 0.3 is 0 Å². The van der Waals surface area contributed by atoms with Crippen LogP contribution in [0.1, 0.15) is 48.2 Å². The van der Waals surface area contributed by atoms with Crippen LogP contribution in [0.15, 0.2) is 41.3 Å². The molecule has 1 aliphatic heterocycles. The first-order valence-corrected chi connectivity index (χ1v) is 12.2. The minimum atomic E-state index is 0.111. The van der Waals surface area contributed by atoms with Crippen molar-refractivity contribution in [2.45, 2.75) is 56.8 Å². The molecule has 0 spiro atoms. The highest BCUT2D eigenvalue weighted by Crippen LogP contribution is 2.33. The van der Waals surface area contributed by atoms with E-state index in [4.69, 9.17) is 9.72 Å². The molecule has 1 aliphatic rings. The van der Waals surface area contributed by atoms with Crippen LogP contribution >= 0.6 is 23.1 Å². The highest BCUT2D eigenvalue weighted by molar-refractivity contribution is 7.99. The molecule has 0 saturated carbocycles. The zero-order chi connectivity index (χ0) is 21.3. The van der Waals surface area contributed by atoms with Crippen LogP contribution in [0.25, 0.3) is 10.2 Å². The summed E-state index contributed by atoms with van der Waals surface area (Å²) in [5, 5.41) is 1.28. The predicted molar refractivity (Wildman–Crippen MR) is 126 cm³/mol. The van der Waals surface area contributed by atoms with Crippen LogP contribution in [0.2, 0.25) is 0 Å². The lowest BCUT2D eigenvalue weighted by Gasteiger charge is -2.31. The Kier molecular flexibility index (Phi) is 6.34. The molecule has 0 aliphatic carbocycles. The van der Waals surface area contributed by atoms with Gasteiger partial charge in [-0.2, -0.15) is 0 Å². The van der Waals surface area contributed by atoms with Crippen LogP contribution in [0, 0.1) is 13.8 Å². The van der Waals surface area contributed by atoms with Crippen LogP contribution < -0.4 is 4.74 Å². The molecule has 158 valence electrons. The van der Waals surface area contributed by atoms with Gasteiger partial charge in [-0.05, 0) is 49.2 Å². The molecular weight excluding hydrogens is 412 g/mol. The molecule has 30 heavy (non-hydrogen) atoms. The maximum atomic E-state index is 12.9. The zero-order valence-corrected chi connectivity index (χ0v) is 19.6. The van der Waals surface area contributed by atoms with Crippen molar-refractivity contribution in [2.75, 3.05) is 13.1 Å². The lowest BCUT2D eigenvalue weighted by molar-refractivity contribution is 0.0595. The topological polar surface area (TPSA) is 42.4 Å². The predicted octanol–water partition coefficient (Wildman–Crippen LogP) is 6.10. The molecule has 1 fully saturated rings. The molecule has 1 amide bonds. The smallest absolute Gasteiger partial charge is 0.274 e. The second kappa shape index (κ2) is 8.98. The van der Waals surface area contributed by atoms with Gasteiger partial charge < -0.3 is 9.64 Å². The van der Waals surface area contributed by atoms with Gasteiger partial charge in [0.1, 0.15) is 6.10 Å². The Balaban J connectivity index is 1.35. The minimum absolute atomic E-state index is 0.111. The Morgan fingerprint density at radius 3 is 2.40 bits per heavy atom. The van der Waals surface area contributed by atoms with E-state index in [1.807, 2.05) is 40.9 Å². The second-order valence-electron chi connectivity index (χ2n) is 8.16. The number of fused-ring (bicyclic) bond motifs is 1. The summed E-state index contributed by atoms with van der Waals surface area (Å²) in [6.07, 6.45) is 1.78. The number of carbonyl (C=O) groups excluding carboxylic acids is 1. The Hall–Kier alpha value is -2.05. The van der Waals surface area contributed by atoms with E-state index in [9.17, 15) is 4.79 Å². The Morgan fingerprint density at radius 1 is 1.10 bits per heavy atom. The molecule has 0 radical (unpaired) electrons. The Morgan fingerprint density at radius 2 is 1.77 bits per heavy atom. The summed E-state index contributed by atoms with van der Waals surface area (Å²) in [7, 11) is 0. The molecule has 0 unspecified atom stereocenters. The summed E-state index contributed by atoms with van der Waals surface area (Å²) in [5.74, 6) is 0.112. The molecule has 6 heteroatoms. The average Bonchev–Trinajstić information content (AvgIpc) is 3.16. The van der Waals surface area contributed by atoms with Crippen molar-refractivity contribution in [2.24, 2.45) is 0 Å². The molecule has 0 atom stereocenters. The van der Waals surface area contributed by atoms with E-state index in [1.165, 1.54) is 20.7 Å². The van der Waals surface area contributed by atoms with E-state index in [0.717, 1.165) is 42.2 Å². The molecule has 1 aromatic heterocycles. The van der Waals surface area contributed by atoms with Crippen LogP contribution in [-0.4, -0.2) is 40.2 Å². The third kappa shape index (κ3) is 4.65. The van der Waals surface area contributed by atoms with Crippen molar-refractivity contribution in [1.82, 2.24) is 9.88 Å². The van der Waals surface area contributed by atoms with Gasteiger partial charge in [-0.15, -0.1) is 11.8 Å². The molecule has 3 aromatic rings. The molecule has 0 N–H and O–H groups in total. The Bertz CT molecular complexity index is 996. The van der Waals surface area contributed by atoms with Crippen LogP contribution in [0.4, 0.5) is 0 Å². The first kappa shape index (κ1) is 21.2. The van der Waals surface area contributed by atoms with E-state index in [-0.39, 0.29) is 12.0 Å². The number of piperidine rings is 1. The summed E-state index contributed by atoms with van der Waals surface area (Å²) < 4.78 is 7.41. The fourth-order valence-electron chi connectivity index (χ4n) is 3.74. The number of nitrogens with zero attached hydrogens (tertiary/aromatic N) is 2. The number of carbonyl (C=O) groups is 1. The van der Waals surface area contributed by atoms with E-state index >= 15 is 0 Å². The molecule has 2 aromatic carbocycles.